The Morgan fingerprint density at radius 2 is 2.43 bits per heavy atom. The number of aryl methyl sites for hydroxylation is 1. The van der Waals surface area contributed by atoms with Crippen LogP contribution in [0.3, 0.4) is 0 Å². The van der Waals surface area contributed by atoms with Crippen LogP contribution in [0.1, 0.15) is 23.4 Å². The van der Waals surface area contributed by atoms with E-state index in [1.54, 1.807) is 23.0 Å². The van der Waals surface area contributed by atoms with E-state index in [0.29, 0.717) is 0 Å². The SMILES string of the molecule is CCn1cc(C(N)c2cncs2)cn1. The molecule has 0 aliphatic heterocycles. The van der Waals surface area contributed by atoms with Crippen LogP contribution in [0.2, 0.25) is 0 Å². The van der Waals surface area contributed by atoms with Crippen molar-refractivity contribution in [3.8, 4) is 0 Å². The van der Waals surface area contributed by atoms with E-state index in [2.05, 4.69) is 17.0 Å². The van der Waals surface area contributed by atoms with Crippen molar-refractivity contribution in [3.05, 3.63) is 34.5 Å². The zero-order valence-electron chi connectivity index (χ0n) is 7.92. The topological polar surface area (TPSA) is 56.7 Å². The van der Waals surface area contributed by atoms with E-state index >= 15 is 0 Å². The molecule has 2 rings (SSSR count). The van der Waals surface area contributed by atoms with Gasteiger partial charge in [0.05, 0.1) is 17.7 Å². The normalized spacial score (nSPS) is 13.0. The summed E-state index contributed by atoms with van der Waals surface area (Å²) >= 11 is 1.57. The zero-order chi connectivity index (χ0) is 9.97. The van der Waals surface area contributed by atoms with Crippen LogP contribution in [0, 0.1) is 0 Å². The number of rotatable bonds is 3. The van der Waals surface area contributed by atoms with Crippen molar-refractivity contribution in [1.29, 1.82) is 0 Å². The van der Waals surface area contributed by atoms with Crippen molar-refractivity contribution in [2.24, 2.45) is 5.73 Å². The highest BCUT2D eigenvalue weighted by Gasteiger charge is 2.11. The Morgan fingerprint density at radius 3 is 3.00 bits per heavy atom. The molecule has 0 radical (unpaired) electrons. The van der Waals surface area contributed by atoms with Gasteiger partial charge in [0, 0.05) is 29.4 Å². The van der Waals surface area contributed by atoms with Crippen LogP contribution < -0.4 is 5.73 Å². The first-order valence-corrected chi connectivity index (χ1v) is 5.35. The van der Waals surface area contributed by atoms with Crippen LogP contribution in [0.25, 0.3) is 0 Å². The second-order valence-corrected chi connectivity index (χ2v) is 3.93. The lowest BCUT2D eigenvalue weighted by Crippen LogP contribution is -2.09. The monoisotopic (exact) mass is 208 g/mol. The molecule has 1 unspecified atom stereocenters. The second-order valence-electron chi connectivity index (χ2n) is 3.01. The van der Waals surface area contributed by atoms with Gasteiger partial charge in [0.15, 0.2) is 0 Å². The summed E-state index contributed by atoms with van der Waals surface area (Å²) < 4.78 is 1.87. The van der Waals surface area contributed by atoms with Crippen molar-refractivity contribution in [2.75, 3.05) is 0 Å². The van der Waals surface area contributed by atoms with Gasteiger partial charge >= 0.3 is 0 Å². The molecular formula is C9H12N4S. The van der Waals surface area contributed by atoms with Gasteiger partial charge in [-0.25, -0.2) is 0 Å². The van der Waals surface area contributed by atoms with Crippen LogP contribution in [0.5, 0.6) is 0 Å². The maximum Gasteiger partial charge on any atom is 0.0794 e. The molecule has 0 aromatic carbocycles. The summed E-state index contributed by atoms with van der Waals surface area (Å²) in [7, 11) is 0. The maximum absolute atomic E-state index is 6.05. The largest absolute Gasteiger partial charge is 0.319 e. The van der Waals surface area contributed by atoms with Crippen molar-refractivity contribution >= 4 is 11.3 Å². The molecule has 0 fully saturated rings. The van der Waals surface area contributed by atoms with E-state index in [1.807, 2.05) is 17.1 Å². The molecule has 2 N–H and O–H groups in total. The molecule has 0 spiro atoms. The van der Waals surface area contributed by atoms with E-state index in [4.69, 9.17) is 5.73 Å². The van der Waals surface area contributed by atoms with Crippen molar-refractivity contribution in [1.82, 2.24) is 14.8 Å². The van der Waals surface area contributed by atoms with Gasteiger partial charge in [0.1, 0.15) is 0 Å². The molecule has 4 nitrogen and oxygen atoms in total. The molecule has 0 bridgehead atoms. The van der Waals surface area contributed by atoms with E-state index in [9.17, 15) is 0 Å². The minimum absolute atomic E-state index is 0.0946. The van der Waals surface area contributed by atoms with Crippen LogP contribution >= 0.6 is 11.3 Å². The van der Waals surface area contributed by atoms with Crippen LogP contribution in [-0.4, -0.2) is 14.8 Å². The number of nitrogens with two attached hydrogens (primary N) is 1. The molecular weight excluding hydrogens is 196 g/mol. The van der Waals surface area contributed by atoms with Crippen LogP contribution in [-0.2, 0) is 6.54 Å². The summed E-state index contributed by atoms with van der Waals surface area (Å²) in [6, 6.07) is -0.0946. The van der Waals surface area contributed by atoms with E-state index in [0.717, 1.165) is 17.0 Å². The Bertz CT molecular complexity index is 393. The lowest BCUT2D eigenvalue weighted by atomic mass is 10.1. The standard InChI is InChI=1S/C9H12N4S/c1-2-13-5-7(3-12-13)9(10)8-4-11-6-14-8/h3-6,9H,2,10H2,1H3. The molecule has 74 valence electrons. The molecule has 0 aliphatic carbocycles. The van der Waals surface area contributed by atoms with Crippen molar-refractivity contribution in [2.45, 2.75) is 19.5 Å². The van der Waals surface area contributed by atoms with Crippen LogP contribution in [0.4, 0.5) is 0 Å². The molecule has 14 heavy (non-hydrogen) atoms. The van der Waals surface area contributed by atoms with Gasteiger partial charge in [0.25, 0.3) is 0 Å². The van der Waals surface area contributed by atoms with E-state index < -0.39 is 0 Å². The minimum atomic E-state index is -0.0946. The fourth-order valence-corrected chi connectivity index (χ4v) is 1.90. The summed E-state index contributed by atoms with van der Waals surface area (Å²) in [5.74, 6) is 0. The average molecular weight is 208 g/mol. The highest BCUT2D eigenvalue weighted by molar-refractivity contribution is 7.09. The molecule has 2 aromatic rings. The molecule has 1 atom stereocenters. The van der Waals surface area contributed by atoms with Crippen molar-refractivity contribution in [3.63, 3.8) is 0 Å². The van der Waals surface area contributed by atoms with E-state index in [-0.39, 0.29) is 6.04 Å². The third-order valence-electron chi connectivity index (χ3n) is 2.09. The lowest BCUT2D eigenvalue weighted by Gasteiger charge is -2.04. The minimum Gasteiger partial charge on any atom is -0.319 e. The van der Waals surface area contributed by atoms with E-state index in [1.165, 1.54) is 0 Å². The first kappa shape index (κ1) is 9.36. The third kappa shape index (κ3) is 1.69. The van der Waals surface area contributed by atoms with Gasteiger partial charge in [-0.05, 0) is 6.92 Å². The summed E-state index contributed by atoms with van der Waals surface area (Å²) in [6.45, 7) is 2.92. The fraction of sp³-hybridized carbons (Fsp3) is 0.333. The quantitative estimate of drug-likeness (QED) is 0.829. The Balaban J connectivity index is 2.23. The molecule has 0 aliphatic rings. The molecule has 2 heterocycles. The Hall–Kier alpha value is -1.20. The van der Waals surface area contributed by atoms with Gasteiger partial charge in [-0.15, -0.1) is 11.3 Å². The summed E-state index contributed by atoms with van der Waals surface area (Å²) in [6.07, 6.45) is 5.59. The summed E-state index contributed by atoms with van der Waals surface area (Å²) in [5, 5.41) is 4.19. The Morgan fingerprint density at radius 1 is 1.57 bits per heavy atom. The highest BCUT2D eigenvalue weighted by atomic mass is 32.1. The smallest absolute Gasteiger partial charge is 0.0794 e. The number of thiazole rings is 1. The Labute approximate surface area is 86.4 Å². The number of hydrogen-bond donors (Lipinski definition) is 1. The predicted molar refractivity (Wildman–Crippen MR) is 56.0 cm³/mol. The average Bonchev–Trinajstić information content (AvgIpc) is 2.88. The molecule has 0 amide bonds. The highest BCUT2D eigenvalue weighted by Crippen LogP contribution is 2.21. The van der Waals surface area contributed by atoms with Crippen molar-refractivity contribution < 1.29 is 0 Å². The molecule has 2 aromatic heterocycles. The zero-order valence-corrected chi connectivity index (χ0v) is 8.74. The fourth-order valence-electron chi connectivity index (χ4n) is 1.26. The Kier molecular flexibility index (Phi) is 2.60. The molecule has 0 saturated carbocycles. The maximum atomic E-state index is 6.05. The summed E-state index contributed by atoms with van der Waals surface area (Å²) in [5.41, 5.74) is 8.88. The second kappa shape index (κ2) is 3.89. The summed E-state index contributed by atoms with van der Waals surface area (Å²) in [4.78, 5) is 5.08. The van der Waals surface area contributed by atoms with Crippen LogP contribution in [0.15, 0.2) is 24.1 Å². The van der Waals surface area contributed by atoms with Gasteiger partial charge in [-0.3, -0.25) is 9.67 Å². The third-order valence-corrected chi connectivity index (χ3v) is 2.95. The van der Waals surface area contributed by atoms with Gasteiger partial charge in [0.2, 0.25) is 0 Å². The van der Waals surface area contributed by atoms with Gasteiger partial charge in [-0.1, -0.05) is 0 Å². The molecule has 0 saturated heterocycles. The number of hydrogen-bond acceptors (Lipinski definition) is 4. The van der Waals surface area contributed by atoms with Gasteiger partial charge < -0.3 is 5.73 Å². The first-order valence-electron chi connectivity index (χ1n) is 4.47. The molecule has 5 heteroatoms. The number of nitrogens with zero attached hydrogens (tertiary/aromatic N) is 3. The lowest BCUT2D eigenvalue weighted by molar-refractivity contribution is 0.658. The van der Waals surface area contributed by atoms with Gasteiger partial charge in [-0.2, -0.15) is 5.10 Å². The number of aromatic nitrogens is 3. The predicted octanol–water partition coefficient (Wildman–Crippen LogP) is 1.41. The first-order chi connectivity index (χ1) is 6.81.